The van der Waals surface area contributed by atoms with Gasteiger partial charge in [-0.15, -0.1) is 0 Å². The first-order valence-corrected chi connectivity index (χ1v) is 6.35. The van der Waals surface area contributed by atoms with Crippen molar-refractivity contribution in [2.45, 2.75) is 26.9 Å². The molecule has 0 fully saturated rings. The molecular weight excluding hydrogens is 247 g/mol. The number of rotatable bonds is 6. The molecule has 1 rings (SSSR count). The highest BCUT2D eigenvalue weighted by atomic mass is 19.1. The topological polar surface area (TPSA) is 50.4 Å². The van der Waals surface area contributed by atoms with Gasteiger partial charge in [0.25, 0.3) is 0 Å². The van der Waals surface area contributed by atoms with Crippen molar-refractivity contribution in [3.63, 3.8) is 0 Å². The largest absolute Gasteiger partial charge is 0.489 e. The van der Waals surface area contributed by atoms with Crippen LogP contribution < -0.4 is 15.4 Å². The van der Waals surface area contributed by atoms with Crippen molar-refractivity contribution in [1.82, 2.24) is 5.32 Å². The van der Waals surface area contributed by atoms with E-state index in [4.69, 9.17) is 4.74 Å². The lowest BCUT2D eigenvalue weighted by molar-refractivity contribution is -0.119. The van der Waals surface area contributed by atoms with E-state index in [0.717, 1.165) is 0 Å². The molecule has 106 valence electrons. The highest BCUT2D eigenvalue weighted by Crippen LogP contribution is 2.26. The van der Waals surface area contributed by atoms with Crippen molar-refractivity contribution in [1.29, 1.82) is 0 Å². The number of ether oxygens (including phenoxy) is 1. The molecule has 0 heterocycles. The van der Waals surface area contributed by atoms with Crippen molar-refractivity contribution in [2.75, 3.05) is 18.9 Å². The minimum atomic E-state index is -0.410. The Labute approximate surface area is 113 Å². The van der Waals surface area contributed by atoms with Crippen LogP contribution in [0.25, 0.3) is 0 Å². The molecule has 0 saturated heterocycles. The van der Waals surface area contributed by atoms with Crippen molar-refractivity contribution in [3.05, 3.63) is 24.0 Å². The number of halogens is 1. The summed E-state index contributed by atoms with van der Waals surface area (Å²) in [6.45, 7) is 6.10. The fourth-order valence-electron chi connectivity index (χ4n) is 1.61. The van der Waals surface area contributed by atoms with Gasteiger partial charge in [0.2, 0.25) is 5.91 Å². The molecule has 0 saturated carbocycles. The van der Waals surface area contributed by atoms with Crippen LogP contribution >= 0.6 is 0 Å². The molecule has 0 aliphatic carbocycles. The minimum absolute atomic E-state index is 0.0455. The molecule has 0 aliphatic rings. The lowest BCUT2D eigenvalue weighted by Gasteiger charge is -2.17. The van der Waals surface area contributed by atoms with Gasteiger partial charge in [0.1, 0.15) is 11.6 Å². The molecule has 19 heavy (non-hydrogen) atoms. The van der Waals surface area contributed by atoms with Crippen LogP contribution in [-0.2, 0) is 4.79 Å². The third kappa shape index (κ3) is 4.87. The van der Waals surface area contributed by atoms with E-state index >= 15 is 0 Å². The molecule has 2 N–H and O–H groups in total. The predicted molar refractivity (Wildman–Crippen MR) is 73.9 cm³/mol. The van der Waals surface area contributed by atoms with E-state index in [-0.39, 0.29) is 17.9 Å². The summed E-state index contributed by atoms with van der Waals surface area (Å²) in [5.74, 6) is -0.317. The van der Waals surface area contributed by atoms with Gasteiger partial charge in [-0.3, -0.25) is 4.79 Å². The van der Waals surface area contributed by atoms with Crippen LogP contribution in [0.15, 0.2) is 18.2 Å². The Morgan fingerprint density at radius 1 is 1.37 bits per heavy atom. The fraction of sp³-hybridized carbons (Fsp3) is 0.500. The average Bonchev–Trinajstić information content (AvgIpc) is 2.32. The van der Waals surface area contributed by atoms with Crippen molar-refractivity contribution in [2.24, 2.45) is 5.92 Å². The van der Waals surface area contributed by atoms with Crippen LogP contribution in [0.1, 0.15) is 20.8 Å². The van der Waals surface area contributed by atoms with Crippen LogP contribution in [-0.4, -0.2) is 25.6 Å². The van der Waals surface area contributed by atoms with E-state index in [0.29, 0.717) is 18.0 Å². The SMILES string of the molecule is CNCC(C)C(=O)Nc1cc(F)ccc1OC(C)C. The molecule has 0 radical (unpaired) electrons. The Morgan fingerprint density at radius 2 is 2.05 bits per heavy atom. The summed E-state index contributed by atoms with van der Waals surface area (Å²) >= 11 is 0. The van der Waals surface area contributed by atoms with Crippen LogP contribution in [0.5, 0.6) is 5.75 Å². The number of hydrogen-bond acceptors (Lipinski definition) is 3. The lowest BCUT2D eigenvalue weighted by atomic mass is 10.1. The van der Waals surface area contributed by atoms with Gasteiger partial charge in [0.05, 0.1) is 11.8 Å². The molecule has 1 unspecified atom stereocenters. The van der Waals surface area contributed by atoms with E-state index in [1.807, 2.05) is 13.8 Å². The molecule has 1 aromatic rings. The molecule has 1 aromatic carbocycles. The molecule has 1 amide bonds. The Balaban J connectivity index is 2.86. The second-order valence-corrected chi connectivity index (χ2v) is 4.76. The summed E-state index contributed by atoms with van der Waals surface area (Å²) < 4.78 is 18.8. The van der Waals surface area contributed by atoms with Crippen LogP contribution in [0.4, 0.5) is 10.1 Å². The Kier molecular flexibility index (Phi) is 5.76. The summed E-state index contributed by atoms with van der Waals surface area (Å²) in [5, 5.41) is 5.62. The number of anilines is 1. The lowest BCUT2D eigenvalue weighted by Crippen LogP contribution is -2.28. The molecule has 1 atom stereocenters. The zero-order valence-corrected chi connectivity index (χ0v) is 11.8. The number of hydrogen-bond donors (Lipinski definition) is 2. The molecule has 5 heteroatoms. The van der Waals surface area contributed by atoms with Gasteiger partial charge < -0.3 is 15.4 Å². The van der Waals surface area contributed by atoms with E-state index in [9.17, 15) is 9.18 Å². The molecule has 0 spiro atoms. The zero-order chi connectivity index (χ0) is 14.4. The maximum Gasteiger partial charge on any atom is 0.228 e. The maximum absolute atomic E-state index is 13.3. The van der Waals surface area contributed by atoms with E-state index in [1.54, 1.807) is 14.0 Å². The van der Waals surface area contributed by atoms with Crippen molar-refractivity contribution < 1.29 is 13.9 Å². The third-order valence-electron chi connectivity index (χ3n) is 2.52. The minimum Gasteiger partial charge on any atom is -0.489 e. The third-order valence-corrected chi connectivity index (χ3v) is 2.52. The summed E-state index contributed by atoms with van der Waals surface area (Å²) in [6.07, 6.45) is -0.0455. The van der Waals surface area contributed by atoms with Gasteiger partial charge >= 0.3 is 0 Å². The summed E-state index contributed by atoms with van der Waals surface area (Å²) in [7, 11) is 1.78. The first-order valence-electron chi connectivity index (χ1n) is 6.35. The standard InChI is InChI=1S/C14H21FN2O2/c1-9(2)19-13-6-5-11(15)7-12(13)17-14(18)10(3)8-16-4/h5-7,9-10,16H,8H2,1-4H3,(H,17,18). The highest BCUT2D eigenvalue weighted by Gasteiger charge is 2.15. The van der Waals surface area contributed by atoms with Crippen LogP contribution in [0.2, 0.25) is 0 Å². The molecular formula is C14H21FN2O2. The zero-order valence-electron chi connectivity index (χ0n) is 11.8. The van der Waals surface area contributed by atoms with Gasteiger partial charge in [0.15, 0.2) is 0 Å². The monoisotopic (exact) mass is 268 g/mol. The molecule has 0 bridgehead atoms. The van der Waals surface area contributed by atoms with Gasteiger partial charge in [0, 0.05) is 18.5 Å². The quantitative estimate of drug-likeness (QED) is 0.833. The summed E-state index contributed by atoms with van der Waals surface area (Å²) in [6, 6.07) is 4.10. The molecule has 4 nitrogen and oxygen atoms in total. The average molecular weight is 268 g/mol. The predicted octanol–water partition coefficient (Wildman–Crippen LogP) is 2.41. The Morgan fingerprint density at radius 3 is 2.63 bits per heavy atom. The Hall–Kier alpha value is -1.62. The number of carbonyl (C=O) groups is 1. The van der Waals surface area contributed by atoms with E-state index in [2.05, 4.69) is 10.6 Å². The summed E-state index contributed by atoms with van der Waals surface area (Å²) in [4.78, 5) is 11.9. The maximum atomic E-state index is 13.3. The normalized spacial score (nSPS) is 12.3. The summed E-state index contributed by atoms with van der Waals surface area (Å²) in [5.41, 5.74) is 0.363. The highest BCUT2D eigenvalue weighted by molar-refractivity contribution is 5.93. The van der Waals surface area contributed by atoms with Gasteiger partial charge in [-0.05, 0) is 33.0 Å². The van der Waals surface area contributed by atoms with E-state index < -0.39 is 5.82 Å². The number of amides is 1. The Bertz CT molecular complexity index is 435. The number of nitrogens with one attached hydrogen (secondary N) is 2. The second-order valence-electron chi connectivity index (χ2n) is 4.76. The number of carbonyl (C=O) groups excluding carboxylic acids is 1. The molecule has 0 aliphatic heterocycles. The van der Waals surface area contributed by atoms with Gasteiger partial charge in [-0.1, -0.05) is 6.92 Å². The fourth-order valence-corrected chi connectivity index (χ4v) is 1.61. The second kappa shape index (κ2) is 7.09. The first kappa shape index (κ1) is 15.4. The van der Waals surface area contributed by atoms with Crippen molar-refractivity contribution in [3.8, 4) is 5.75 Å². The smallest absolute Gasteiger partial charge is 0.228 e. The van der Waals surface area contributed by atoms with Gasteiger partial charge in [-0.25, -0.2) is 4.39 Å². The number of benzene rings is 1. The van der Waals surface area contributed by atoms with Gasteiger partial charge in [-0.2, -0.15) is 0 Å². The van der Waals surface area contributed by atoms with Crippen molar-refractivity contribution >= 4 is 11.6 Å². The van der Waals surface area contributed by atoms with Crippen LogP contribution in [0.3, 0.4) is 0 Å². The first-order chi connectivity index (χ1) is 8.93. The van der Waals surface area contributed by atoms with E-state index in [1.165, 1.54) is 18.2 Å². The van der Waals surface area contributed by atoms with Crippen LogP contribution in [0, 0.1) is 11.7 Å². The molecule has 0 aromatic heterocycles.